The maximum absolute atomic E-state index is 13.1. The van der Waals surface area contributed by atoms with Crippen LogP contribution in [0.15, 0.2) is 18.2 Å². The third-order valence-electron chi connectivity index (χ3n) is 11.8. The lowest BCUT2D eigenvalue weighted by Crippen LogP contribution is -2.66. The summed E-state index contributed by atoms with van der Waals surface area (Å²) in [5, 5.41) is 63.1. The molecule has 8 N–H and O–H groups in total. The van der Waals surface area contributed by atoms with Crippen molar-refractivity contribution >= 4 is 12.0 Å². The van der Waals surface area contributed by atoms with Gasteiger partial charge in [0.25, 0.3) is 0 Å². The predicted octanol–water partition coefficient (Wildman–Crippen LogP) is 0.829. The smallest absolute Gasteiger partial charge is 0.404 e. The first-order valence-corrected chi connectivity index (χ1v) is 19.1. The number of ether oxygens (including phenoxy) is 3. The SMILES string of the molecule is CCN(Cc1ccc(COC(N)=O)cc1C(C)OCCOC12CC3CC(CC(NCC(=O)N4CCC[C@H]4C#N)(C3)C1)C2)C[C@H](O)[C@@H](O)[C@H](O)[C@H](O)CO. The highest BCUT2D eigenvalue weighted by Gasteiger charge is 2.58. The molecule has 3 unspecified atom stereocenters. The maximum Gasteiger partial charge on any atom is 0.404 e. The highest BCUT2D eigenvalue weighted by atomic mass is 16.5. The van der Waals surface area contributed by atoms with E-state index in [1.807, 2.05) is 36.9 Å². The summed E-state index contributed by atoms with van der Waals surface area (Å²) in [6, 6.07) is 7.53. The van der Waals surface area contributed by atoms with Gasteiger partial charge in [-0.1, -0.05) is 19.1 Å². The molecule has 15 heteroatoms. The molecule has 1 aliphatic heterocycles. The largest absolute Gasteiger partial charge is 0.445 e. The van der Waals surface area contributed by atoms with Crippen molar-refractivity contribution in [1.82, 2.24) is 15.1 Å². The van der Waals surface area contributed by atoms with Crippen LogP contribution in [0.25, 0.3) is 0 Å². The summed E-state index contributed by atoms with van der Waals surface area (Å²) in [5.74, 6) is 1.07. The molecule has 4 aliphatic carbocycles. The molecule has 1 heterocycles. The summed E-state index contributed by atoms with van der Waals surface area (Å²) in [5.41, 5.74) is 7.20. The zero-order chi connectivity index (χ0) is 38.3. The fourth-order valence-electron chi connectivity index (χ4n) is 9.58. The van der Waals surface area contributed by atoms with E-state index in [4.69, 9.17) is 25.1 Å². The Bertz CT molecular complexity index is 1430. The van der Waals surface area contributed by atoms with Gasteiger partial charge in [0.05, 0.1) is 50.2 Å². The monoisotopic (exact) mass is 745 g/mol. The van der Waals surface area contributed by atoms with Gasteiger partial charge in [-0.25, -0.2) is 4.79 Å². The number of rotatable bonds is 20. The number of primary amides is 1. The van der Waals surface area contributed by atoms with Gasteiger partial charge in [0, 0.05) is 25.2 Å². The summed E-state index contributed by atoms with van der Waals surface area (Å²) in [4.78, 5) is 28.0. The standard InChI is InChI=1S/C38H59N5O10/c1-3-42(20-31(45)34(48)35(49)32(46)21-44)19-28-7-6-25(22-52-36(40)50)12-30(28)24(2)51-9-10-53-38-15-26-11-27(16-38)14-37(13-26,23-38)41-18-33(47)43-8-4-5-29(43)17-39/h6-7,12,24,26-27,29,31-32,34-35,41,44-46,48-49H,3-5,8-11,13-16,18-23H2,1-2H3,(H2,40,50)/t24?,26?,27?,29-,31-,32+,34+,35+,37?,38?/m0/s1. The number of aliphatic hydroxyl groups is 5. The molecule has 5 fully saturated rings. The Kier molecular flexibility index (Phi) is 14.1. The maximum atomic E-state index is 13.1. The molecule has 0 radical (unpaired) electrons. The van der Waals surface area contributed by atoms with Crippen LogP contribution in [0.2, 0.25) is 0 Å². The van der Waals surface area contributed by atoms with Crippen LogP contribution >= 0.6 is 0 Å². The van der Waals surface area contributed by atoms with E-state index in [0.717, 1.165) is 56.1 Å². The van der Waals surface area contributed by atoms with Crippen molar-refractivity contribution in [3.8, 4) is 6.07 Å². The van der Waals surface area contributed by atoms with E-state index in [-0.39, 0.29) is 42.8 Å². The van der Waals surface area contributed by atoms with Crippen LogP contribution in [0, 0.1) is 23.2 Å². The van der Waals surface area contributed by atoms with E-state index in [0.29, 0.717) is 50.2 Å². The minimum absolute atomic E-state index is 0.000656. The number of benzene rings is 1. The number of hydrogen-bond donors (Lipinski definition) is 7. The van der Waals surface area contributed by atoms with Crippen molar-refractivity contribution in [3.05, 3.63) is 34.9 Å². The minimum Gasteiger partial charge on any atom is -0.445 e. The van der Waals surface area contributed by atoms with E-state index in [1.54, 1.807) is 4.90 Å². The number of nitrogens with zero attached hydrogens (tertiary/aromatic N) is 3. The molecule has 1 saturated heterocycles. The van der Waals surface area contributed by atoms with E-state index < -0.39 is 43.2 Å². The van der Waals surface area contributed by atoms with Gasteiger partial charge in [0.1, 0.15) is 31.0 Å². The molecule has 0 aromatic heterocycles. The first kappa shape index (κ1) is 41.3. The van der Waals surface area contributed by atoms with Crippen LogP contribution in [0.5, 0.6) is 0 Å². The lowest BCUT2D eigenvalue weighted by molar-refractivity contribution is -0.183. The summed E-state index contributed by atoms with van der Waals surface area (Å²) in [6.45, 7) is 5.48. The Labute approximate surface area is 312 Å². The number of aliphatic hydroxyl groups excluding tert-OH is 5. The van der Waals surface area contributed by atoms with Gasteiger partial charge in [-0.05, 0) is 99.4 Å². The summed E-state index contributed by atoms with van der Waals surface area (Å²) in [7, 11) is 0. The predicted molar refractivity (Wildman–Crippen MR) is 192 cm³/mol. The van der Waals surface area contributed by atoms with E-state index in [9.17, 15) is 35.3 Å². The third kappa shape index (κ3) is 10.2. The molecule has 5 aliphatic rings. The molecular formula is C38H59N5O10. The molecule has 296 valence electrons. The average Bonchev–Trinajstić information content (AvgIpc) is 3.62. The number of nitriles is 1. The number of nitrogens with two attached hydrogens (primary N) is 1. The van der Waals surface area contributed by atoms with Gasteiger partial charge in [0.15, 0.2) is 0 Å². The topological polar surface area (TPSA) is 231 Å². The fourth-order valence-corrected chi connectivity index (χ4v) is 9.58. The molecule has 4 saturated carbocycles. The lowest BCUT2D eigenvalue weighted by Gasteiger charge is -2.62. The Morgan fingerprint density at radius 1 is 1.11 bits per heavy atom. The van der Waals surface area contributed by atoms with Crippen LogP contribution in [0.4, 0.5) is 4.79 Å². The lowest BCUT2D eigenvalue weighted by atomic mass is 9.51. The van der Waals surface area contributed by atoms with Crippen molar-refractivity contribution < 1.29 is 49.3 Å². The van der Waals surface area contributed by atoms with Crippen molar-refractivity contribution in [2.24, 2.45) is 17.6 Å². The van der Waals surface area contributed by atoms with Crippen LogP contribution in [-0.2, 0) is 32.2 Å². The summed E-state index contributed by atoms with van der Waals surface area (Å²) in [6.07, 6.45) is 0.0349. The quantitative estimate of drug-likeness (QED) is 0.0919. The Morgan fingerprint density at radius 2 is 1.83 bits per heavy atom. The number of likely N-dealkylation sites (N-methyl/N-ethyl adjacent to an activating group) is 1. The second kappa shape index (κ2) is 18.1. The number of carbonyl (C=O) groups is 2. The molecule has 1 aromatic rings. The van der Waals surface area contributed by atoms with E-state index in [1.165, 1.54) is 6.42 Å². The molecule has 1 aromatic carbocycles. The van der Waals surface area contributed by atoms with Gasteiger partial charge in [-0.2, -0.15) is 5.26 Å². The normalized spacial score (nSPS) is 29.1. The Hall–Kier alpha value is -2.91. The van der Waals surface area contributed by atoms with Crippen molar-refractivity contribution in [1.29, 1.82) is 5.26 Å². The first-order valence-electron chi connectivity index (χ1n) is 19.1. The Balaban J connectivity index is 1.19. The number of carbonyl (C=O) groups excluding carboxylic acids is 2. The number of nitrogens with one attached hydrogen (secondary N) is 1. The van der Waals surface area contributed by atoms with Gasteiger partial charge >= 0.3 is 6.09 Å². The molecule has 15 nitrogen and oxygen atoms in total. The minimum atomic E-state index is -1.72. The van der Waals surface area contributed by atoms with Crippen molar-refractivity contribution in [2.45, 2.75) is 126 Å². The first-order chi connectivity index (χ1) is 25.3. The number of hydrogen-bond acceptors (Lipinski definition) is 13. The Morgan fingerprint density at radius 3 is 2.49 bits per heavy atom. The van der Waals surface area contributed by atoms with Crippen LogP contribution in [0.1, 0.15) is 88.0 Å². The zero-order valence-electron chi connectivity index (χ0n) is 31.1. The number of likely N-dealkylation sites (tertiary alicyclic amines) is 1. The van der Waals surface area contributed by atoms with Gasteiger partial charge < -0.3 is 55.7 Å². The molecule has 0 spiro atoms. The average molecular weight is 746 g/mol. The molecule has 8 atom stereocenters. The number of amides is 2. The van der Waals surface area contributed by atoms with Crippen LogP contribution < -0.4 is 11.1 Å². The highest BCUT2D eigenvalue weighted by Crippen LogP contribution is 2.58. The third-order valence-corrected chi connectivity index (χ3v) is 11.8. The molecule has 53 heavy (non-hydrogen) atoms. The zero-order valence-corrected chi connectivity index (χ0v) is 31.1. The van der Waals surface area contributed by atoms with E-state index >= 15 is 0 Å². The molecule has 4 bridgehead atoms. The van der Waals surface area contributed by atoms with Crippen LogP contribution in [0.3, 0.4) is 0 Å². The second-order valence-electron chi connectivity index (χ2n) is 15.8. The van der Waals surface area contributed by atoms with Crippen molar-refractivity contribution in [3.63, 3.8) is 0 Å². The molecular weight excluding hydrogens is 686 g/mol. The molecule has 2 amide bonds. The summed E-state index contributed by atoms with van der Waals surface area (Å²) >= 11 is 0. The van der Waals surface area contributed by atoms with Crippen LogP contribution in [-0.4, -0.2) is 135 Å². The van der Waals surface area contributed by atoms with Gasteiger partial charge in [0.2, 0.25) is 5.91 Å². The van der Waals surface area contributed by atoms with Gasteiger partial charge in [-0.3, -0.25) is 9.69 Å². The second-order valence-corrected chi connectivity index (χ2v) is 15.8. The highest BCUT2D eigenvalue weighted by molar-refractivity contribution is 5.79. The van der Waals surface area contributed by atoms with E-state index in [2.05, 4.69) is 11.4 Å². The fraction of sp³-hybridized carbons (Fsp3) is 0.763. The van der Waals surface area contributed by atoms with Gasteiger partial charge in [-0.15, -0.1) is 0 Å². The molecule has 6 rings (SSSR count). The van der Waals surface area contributed by atoms with Crippen molar-refractivity contribution in [2.75, 3.05) is 46.0 Å². The summed E-state index contributed by atoms with van der Waals surface area (Å²) < 4.78 is 18.1.